The second-order valence-corrected chi connectivity index (χ2v) is 7.87. The van der Waals surface area contributed by atoms with Gasteiger partial charge < -0.3 is 0 Å². The number of hydrogen-bond donors (Lipinski definition) is 1. The van der Waals surface area contributed by atoms with Gasteiger partial charge in [0.15, 0.2) is 0 Å². The van der Waals surface area contributed by atoms with Gasteiger partial charge in [-0.1, -0.05) is 12.2 Å². The Labute approximate surface area is 154 Å². The third-order valence-electron chi connectivity index (χ3n) is 6.43. The topological polar surface area (TPSA) is 49.9 Å². The maximum absolute atomic E-state index is 13.3. The summed E-state index contributed by atoms with van der Waals surface area (Å²) >= 11 is 5.55. The van der Waals surface area contributed by atoms with E-state index in [9.17, 15) is 9.18 Å². The Bertz CT molecular complexity index is 1040. The molecule has 26 heavy (non-hydrogen) atoms. The predicted octanol–water partition coefficient (Wildman–Crippen LogP) is 2.98. The molecule has 5 nitrogen and oxygen atoms in total. The summed E-state index contributed by atoms with van der Waals surface area (Å²) in [6.07, 6.45) is 7.66. The van der Waals surface area contributed by atoms with Crippen LogP contribution in [0.4, 0.5) is 9.18 Å². The highest BCUT2D eigenvalue weighted by atomic mass is 32.1. The number of fused-ring (bicyclic) bond motifs is 1. The van der Waals surface area contributed by atoms with Crippen molar-refractivity contribution in [3.05, 3.63) is 53.1 Å². The number of rotatable bonds is 1. The highest BCUT2D eigenvalue weighted by Gasteiger charge is 2.84. The average Bonchev–Trinajstić information content (AvgIpc) is 2.89. The number of nitrogens with zero attached hydrogens (tertiary/aromatic N) is 3. The Morgan fingerprint density at radius 3 is 2.85 bits per heavy atom. The van der Waals surface area contributed by atoms with Gasteiger partial charge in [-0.25, -0.2) is 13.9 Å². The van der Waals surface area contributed by atoms with E-state index < -0.39 is 0 Å². The van der Waals surface area contributed by atoms with Gasteiger partial charge in [-0.15, -0.1) is 0 Å². The number of hydrogen-bond acceptors (Lipinski definition) is 3. The van der Waals surface area contributed by atoms with Crippen LogP contribution < -0.4 is 5.32 Å². The van der Waals surface area contributed by atoms with Crippen molar-refractivity contribution in [1.29, 1.82) is 0 Å². The monoisotopic (exact) mass is 366 g/mol. The Kier molecular flexibility index (Phi) is 2.48. The molecule has 1 N–H and O–H groups in total. The molecule has 0 radical (unpaired) electrons. The van der Waals surface area contributed by atoms with Crippen molar-refractivity contribution >= 4 is 29.3 Å². The van der Waals surface area contributed by atoms with Gasteiger partial charge >= 0.3 is 6.03 Å². The van der Waals surface area contributed by atoms with Gasteiger partial charge in [0, 0.05) is 12.0 Å². The molecule has 0 unspecified atom stereocenters. The lowest BCUT2D eigenvalue weighted by atomic mass is 9.70. The van der Waals surface area contributed by atoms with Gasteiger partial charge in [0.25, 0.3) is 0 Å². The smallest absolute Gasteiger partial charge is 0.300 e. The number of amides is 2. The molecule has 2 atom stereocenters. The molecule has 130 valence electrons. The molecule has 1 saturated carbocycles. The minimum atomic E-state index is -0.334. The number of carbonyl (C=O) groups excluding carboxylic acids is 1. The van der Waals surface area contributed by atoms with E-state index in [2.05, 4.69) is 16.5 Å². The summed E-state index contributed by atoms with van der Waals surface area (Å²) in [4.78, 5) is 15.1. The molecule has 2 aliphatic carbocycles. The second-order valence-electron chi connectivity index (χ2n) is 7.46. The van der Waals surface area contributed by atoms with E-state index in [0.717, 1.165) is 42.6 Å². The predicted molar refractivity (Wildman–Crippen MR) is 97.5 cm³/mol. The minimum absolute atomic E-state index is 0.0721. The quantitative estimate of drug-likeness (QED) is 0.624. The summed E-state index contributed by atoms with van der Waals surface area (Å²) in [5.74, 6) is -0.264. The van der Waals surface area contributed by atoms with E-state index in [1.807, 2.05) is 15.8 Å². The van der Waals surface area contributed by atoms with Crippen molar-refractivity contribution in [2.24, 2.45) is 0 Å². The van der Waals surface area contributed by atoms with Crippen LogP contribution in [0, 0.1) is 5.82 Å². The first kappa shape index (κ1) is 14.6. The molecule has 3 heterocycles. The number of aromatic nitrogens is 2. The van der Waals surface area contributed by atoms with Gasteiger partial charge in [-0.05, 0) is 55.2 Å². The van der Waals surface area contributed by atoms with Crippen molar-refractivity contribution in [3.63, 3.8) is 0 Å². The van der Waals surface area contributed by atoms with Crippen LogP contribution in [0.25, 0.3) is 11.8 Å². The Morgan fingerprint density at radius 1 is 1.23 bits per heavy atom. The first-order chi connectivity index (χ1) is 12.6. The van der Waals surface area contributed by atoms with Crippen LogP contribution in [0.5, 0.6) is 0 Å². The van der Waals surface area contributed by atoms with Gasteiger partial charge in [0.05, 0.1) is 17.6 Å². The largest absolute Gasteiger partial charge is 0.324 e. The zero-order chi connectivity index (χ0) is 17.7. The minimum Gasteiger partial charge on any atom is -0.300 e. The fourth-order valence-electron chi connectivity index (χ4n) is 5.37. The van der Waals surface area contributed by atoms with Gasteiger partial charge in [-0.3, -0.25) is 10.2 Å². The number of benzene rings is 1. The van der Waals surface area contributed by atoms with Gasteiger partial charge in [-0.2, -0.15) is 5.10 Å². The van der Waals surface area contributed by atoms with Crippen LogP contribution in [0.15, 0.2) is 36.0 Å². The summed E-state index contributed by atoms with van der Waals surface area (Å²) in [6.45, 7) is 0. The van der Waals surface area contributed by atoms with E-state index in [1.54, 1.807) is 12.1 Å². The van der Waals surface area contributed by atoms with Crippen LogP contribution in [-0.4, -0.2) is 36.8 Å². The molecule has 2 amide bonds. The number of urea groups is 1. The van der Waals surface area contributed by atoms with E-state index in [-0.39, 0.29) is 22.9 Å². The zero-order valence-electron chi connectivity index (χ0n) is 13.8. The molecule has 6 rings (SSSR count). The Balaban J connectivity index is 1.50. The van der Waals surface area contributed by atoms with E-state index >= 15 is 0 Å². The second kappa shape index (κ2) is 4.40. The zero-order valence-corrected chi connectivity index (χ0v) is 14.6. The molecule has 4 aliphatic rings. The molecule has 3 fully saturated rings. The summed E-state index contributed by atoms with van der Waals surface area (Å²) in [5, 5.41) is 7.36. The van der Waals surface area contributed by atoms with Crippen molar-refractivity contribution in [2.75, 3.05) is 0 Å². The molecule has 1 aromatic carbocycles. The third kappa shape index (κ3) is 1.42. The Hall–Kier alpha value is -2.54. The lowest BCUT2D eigenvalue weighted by Gasteiger charge is -2.33. The highest BCUT2D eigenvalue weighted by molar-refractivity contribution is 7.80. The summed E-state index contributed by atoms with van der Waals surface area (Å²) < 4.78 is 15.1. The molecule has 2 saturated heterocycles. The lowest BCUT2D eigenvalue weighted by Crippen LogP contribution is -2.47. The lowest BCUT2D eigenvalue weighted by molar-refractivity contribution is 0.229. The molecule has 2 spiro atoms. The summed E-state index contributed by atoms with van der Waals surface area (Å²) in [5.41, 5.74) is 3.58. The van der Waals surface area contributed by atoms with Crippen LogP contribution in [0.3, 0.4) is 0 Å². The maximum atomic E-state index is 13.3. The van der Waals surface area contributed by atoms with Crippen molar-refractivity contribution in [2.45, 2.75) is 36.8 Å². The van der Waals surface area contributed by atoms with Crippen molar-refractivity contribution in [1.82, 2.24) is 20.0 Å². The fourth-order valence-corrected chi connectivity index (χ4v) is 5.82. The van der Waals surface area contributed by atoms with E-state index in [0.29, 0.717) is 4.99 Å². The summed E-state index contributed by atoms with van der Waals surface area (Å²) in [7, 11) is 0. The van der Waals surface area contributed by atoms with Gasteiger partial charge in [0.1, 0.15) is 21.9 Å². The van der Waals surface area contributed by atoms with Crippen LogP contribution in [0.2, 0.25) is 0 Å². The molecular formula is C19H15FN4OS. The number of carbonyl (C=O) groups is 1. The highest BCUT2D eigenvalue weighted by Crippen LogP contribution is 2.67. The van der Waals surface area contributed by atoms with Crippen molar-refractivity contribution in [3.8, 4) is 5.69 Å². The molecule has 2 aliphatic heterocycles. The van der Waals surface area contributed by atoms with E-state index in [1.165, 1.54) is 17.7 Å². The summed E-state index contributed by atoms with van der Waals surface area (Å²) in [6, 6.07) is 6.27. The molecule has 2 aromatic rings. The molecule has 1 aromatic heterocycles. The molecule has 0 bridgehead atoms. The fraction of sp³-hybridized carbons (Fsp3) is 0.316. The molecule has 7 heteroatoms. The first-order valence-electron chi connectivity index (χ1n) is 8.78. The normalized spacial score (nSPS) is 30.8. The molecular weight excluding hydrogens is 351 g/mol. The third-order valence-corrected chi connectivity index (χ3v) is 6.87. The van der Waals surface area contributed by atoms with Crippen LogP contribution in [0.1, 0.15) is 30.5 Å². The number of nitrogens with one attached hydrogen (secondary N) is 1. The van der Waals surface area contributed by atoms with Crippen LogP contribution in [-0.2, 0) is 6.42 Å². The van der Waals surface area contributed by atoms with Crippen LogP contribution >= 0.6 is 12.2 Å². The number of halogens is 1. The van der Waals surface area contributed by atoms with Crippen molar-refractivity contribution < 1.29 is 9.18 Å². The van der Waals surface area contributed by atoms with Gasteiger partial charge in [0.2, 0.25) is 0 Å². The van der Waals surface area contributed by atoms with E-state index in [4.69, 9.17) is 12.2 Å². The average molecular weight is 366 g/mol. The maximum Gasteiger partial charge on any atom is 0.324 e. The Morgan fingerprint density at radius 2 is 2.04 bits per heavy atom. The standard InChI is InChI=1S/C19H15FN4OS/c20-13-3-5-14(6-4-13)23-15-8-12-2-1-7-18-16(26)22-17(25)24(18)19(12,18)9-11(15)10-21-23/h3-6,8,10H,1-2,7,9H2,(H,22,25,26)/t18-,19-,24?/m1/s1. The number of thiocarbonyl (C=S) groups is 1. The SMILES string of the molecule is O=C1NC(=S)[C@]23CCCC4=Cc5c(cnn5-c5ccc(F)cc5)C[C@@]42N13. The first-order valence-corrected chi connectivity index (χ1v) is 9.18.